The van der Waals surface area contributed by atoms with Gasteiger partial charge >= 0.3 is 0 Å². The van der Waals surface area contributed by atoms with Gasteiger partial charge in [0.2, 0.25) is 6.41 Å². The van der Waals surface area contributed by atoms with Crippen LogP contribution in [-0.2, 0) is 4.79 Å². The predicted molar refractivity (Wildman–Crippen MR) is 18.2 cm³/mol. The smallest absolute Gasteiger partial charge is 0.222 e. The van der Waals surface area contributed by atoms with Gasteiger partial charge in [-0.3, -0.25) is 10.2 Å². The molecule has 0 unspecified atom stereocenters. The van der Waals surface area contributed by atoms with Gasteiger partial charge in [-0.1, -0.05) is 0 Å². The van der Waals surface area contributed by atoms with Crippen molar-refractivity contribution in [2.24, 2.45) is 0 Å². The zero-order valence-corrected chi connectivity index (χ0v) is 3.12. The number of nitrogens with one attached hydrogen (secondary N) is 2. The van der Waals surface area contributed by atoms with E-state index in [-0.39, 0.29) is 0 Å². The van der Waals surface area contributed by atoms with E-state index in [1.807, 2.05) is 10.4 Å². The van der Waals surface area contributed by atoms with Crippen LogP contribution in [0.25, 0.3) is 0 Å². The van der Waals surface area contributed by atoms with E-state index >= 15 is 0 Å². The summed E-state index contributed by atoms with van der Waals surface area (Å²) in [6.07, 6.45) is 0.438. The summed E-state index contributed by atoms with van der Waals surface area (Å²) in [5.74, 6) is 0. The molecule has 1 amide bonds. The Balaban J connectivity index is 2.40. The summed E-state index contributed by atoms with van der Waals surface area (Å²) in [5, 5.41) is 0. The fourth-order valence-electron chi connectivity index (χ4n) is 0.0223. The Morgan fingerprint density at radius 3 is 2.40 bits per heavy atom. The number of hydrazine groups is 1. The van der Waals surface area contributed by atoms with E-state index in [9.17, 15) is 0 Å². The minimum atomic E-state index is 0.438. The SMILES string of the molecule is O=CNNCl. The minimum Gasteiger partial charge on any atom is -0.280 e. The number of hydrogen-bond acceptors (Lipinski definition) is 2. The summed E-state index contributed by atoms with van der Waals surface area (Å²) >= 11 is 4.71. The molecular formula is CH3ClN2O. The summed E-state index contributed by atoms with van der Waals surface area (Å²) in [6, 6.07) is 0. The number of hydrogen-bond donors (Lipinski definition) is 2. The van der Waals surface area contributed by atoms with Gasteiger partial charge in [-0.2, -0.15) is 0 Å². The van der Waals surface area contributed by atoms with Crippen molar-refractivity contribution in [2.75, 3.05) is 0 Å². The second-order valence-electron chi connectivity index (χ2n) is 0.357. The largest absolute Gasteiger partial charge is 0.280 e. The summed E-state index contributed by atoms with van der Waals surface area (Å²) in [5.41, 5.74) is 1.95. The van der Waals surface area contributed by atoms with Crippen molar-refractivity contribution < 1.29 is 4.79 Å². The molecule has 0 aromatic carbocycles. The maximum atomic E-state index is 9.15. The molecule has 0 aromatic heterocycles. The lowest BCUT2D eigenvalue weighted by molar-refractivity contribution is -0.109. The molecule has 0 saturated heterocycles. The lowest BCUT2D eigenvalue weighted by atomic mass is 11.4. The molecule has 4 heteroatoms. The Morgan fingerprint density at radius 2 is 2.40 bits per heavy atom. The van der Waals surface area contributed by atoms with Crippen LogP contribution in [-0.4, -0.2) is 6.41 Å². The molecule has 2 N–H and O–H groups in total. The zero-order chi connectivity index (χ0) is 4.12. The number of amides is 1. The average molecular weight is 94.5 g/mol. The van der Waals surface area contributed by atoms with Gasteiger partial charge in [0.1, 0.15) is 0 Å². The van der Waals surface area contributed by atoms with E-state index in [4.69, 9.17) is 16.6 Å². The number of rotatable bonds is 2. The highest BCUT2D eigenvalue weighted by molar-refractivity contribution is 6.13. The number of carbonyl (C=O) groups excluding carboxylic acids is 1. The summed E-state index contributed by atoms with van der Waals surface area (Å²) in [7, 11) is 0. The van der Waals surface area contributed by atoms with E-state index < -0.39 is 0 Å². The fourth-order valence-corrected chi connectivity index (χ4v) is 0.0668. The van der Waals surface area contributed by atoms with Crippen molar-refractivity contribution in [1.82, 2.24) is 10.4 Å². The zero-order valence-electron chi connectivity index (χ0n) is 2.36. The van der Waals surface area contributed by atoms with Crippen molar-refractivity contribution in [3.05, 3.63) is 0 Å². The Bertz CT molecular complexity index is 30.8. The topological polar surface area (TPSA) is 41.1 Å². The Kier molecular flexibility index (Phi) is 3.51. The van der Waals surface area contributed by atoms with Crippen LogP contribution < -0.4 is 10.4 Å². The lowest BCUT2D eigenvalue weighted by Crippen LogP contribution is -2.19. The quantitative estimate of drug-likeness (QED) is 0.272. The van der Waals surface area contributed by atoms with E-state index in [2.05, 4.69) is 0 Å². The van der Waals surface area contributed by atoms with Crippen LogP contribution >= 0.6 is 11.8 Å². The molecule has 0 atom stereocenters. The molecular weight excluding hydrogens is 91.5 g/mol. The minimum absolute atomic E-state index is 0.438. The molecule has 0 heterocycles. The number of halogens is 1. The molecule has 30 valence electrons. The molecule has 0 aliphatic heterocycles. The third kappa shape index (κ3) is 3.72. The second-order valence-corrected chi connectivity index (χ2v) is 0.546. The van der Waals surface area contributed by atoms with Crippen molar-refractivity contribution >= 4 is 18.2 Å². The molecule has 0 aromatic rings. The van der Waals surface area contributed by atoms with Crippen LogP contribution in [0.15, 0.2) is 0 Å². The predicted octanol–water partition coefficient (Wildman–Crippen LogP) is -0.609. The van der Waals surface area contributed by atoms with Gasteiger partial charge in [-0.05, 0) is 11.8 Å². The van der Waals surface area contributed by atoms with Crippen LogP contribution in [0, 0.1) is 0 Å². The van der Waals surface area contributed by atoms with E-state index in [0.29, 0.717) is 6.41 Å². The molecule has 0 aliphatic carbocycles. The molecule has 0 radical (unpaired) electrons. The van der Waals surface area contributed by atoms with Crippen LogP contribution in [0.1, 0.15) is 0 Å². The monoisotopic (exact) mass is 94.0 g/mol. The first kappa shape index (κ1) is 4.72. The fraction of sp³-hybridized carbons (Fsp3) is 0. The van der Waals surface area contributed by atoms with Crippen molar-refractivity contribution in [2.45, 2.75) is 0 Å². The summed E-state index contributed by atoms with van der Waals surface area (Å²) in [4.78, 5) is 11.0. The molecule has 3 nitrogen and oxygen atoms in total. The maximum absolute atomic E-state index is 9.15. The first-order chi connectivity index (χ1) is 2.41. The van der Waals surface area contributed by atoms with Gasteiger partial charge in [0.05, 0.1) is 0 Å². The molecule has 0 aliphatic rings. The summed E-state index contributed by atoms with van der Waals surface area (Å²) in [6.45, 7) is 0. The summed E-state index contributed by atoms with van der Waals surface area (Å²) < 4.78 is 0. The van der Waals surface area contributed by atoms with Crippen LogP contribution in [0.5, 0.6) is 0 Å². The third-order valence-corrected chi connectivity index (χ3v) is 0.223. The van der Waals surface area contributed by atoms with Gasteiger partial charge in [0, 0.05) is 0 Å². The van der Waals surface area contributed by atoms with Crippen molar-refractivity contribution in [3.63, 3.8) is 0 Å². The molecule has 0 fully saturated rings. The Morgan fingerprint density at radius 1 is 1.80 bits per heavy atom. The molecule has 0 rings (SSSR count). The van der Waals surface area contributed by atoms with E-state index in [1.54, 1.807) is 0 Å². The molecule has 0 saturated carbocycles. The number of carbonyl (C=O) groups is 1. The highest BCUT2D eigenvalue weighted by Crippen LogP contribution is 1.41. The van der Waals surface area contributed by atoms with Gasteiger partial charge in [-0.25, -0.2) is 0 Å². The normalized spacial score (nSPS) is 6.60. The molecule has 0 bridgehead atoms. The third-order valence-electron chi connectivity index (χ3n) is 0.113. The van der Waals surface area contributed by atoms with E-state index in [1.165, 1.54) is 0 Å². The van der Waals surface area contributed by atoms with Gasteiger partial charge in [0.25, 0.3) is 0 Å². The van der Waals surface area contributed by atoms with Gasteiger partial charge < -0.3 is 0 Å². The first-order valence-corrected chi connectivity index (χ1v) is 1.34. The van der Waals surface area contributed by atoms with Crippen molar-refractivity contribution in [1.29, 1.82) is 0 Å². The lowest BCUT2D eigenvalue weighted by Gasteiger charge is -1.79. The molecule has 0 spiro atoms. The van der Waals surface area contributed by atoms with Gasteiger partial charge in [-0.15, -0.1) is 4.94 Å². The highest BCUT2D eigenvalue weighted by atomic mass is 35.5. The first-order valence-electron chi connectivity index (χ1n) is 0.963. The Hall–Kier alpha value is -0.280. The molecule has 5 heavy (non-hydrogen) atoms. The van der Waals surface area contributed by atoms with Crippen LogP contribution in [0.4, 0.5) is 0 Å². The standard InChI is InChI=1S/CH3ClN2O/c2-4-3-1-5/h1,4H,(H,3,5). The maximum Gasteiger partial charge on any atom is 0.222 e. The van der Waals surface area contributed by atoms with E-state index in [0.717, 1.165) is 0 Å². The second kappa shape index (κ2) is 3.72. The highest BCUT2D eigenvalue weighted by Gasteiger charge is 1.57. The Labute approximate surface area is 34.4 Å². The van der Waals surface area contributed by atoms with Crippen molar-refractivity contribution in [3.8, 4) is 0 Å². The average Bonchev–Trinajstić information content (AvgIpc) is 1.41. The van der Waals surface area contributed by atoms with Crippen LogP contribution in [0.3, 0.4) is 0 Å². The van der Waals surface area contributed by atoms with Crippen LogP contribution in [0.2, 0.25) is 0 Å². The van der Waals surface area contributed by atoms with Gasteiger partial charge in [0.15, 0.2) is 0 Å².